The molecule has 1 unspecified atom stereocenters. The first-order valence-electron chi connectivity index (χ1n) is 6.29. The second kappa shape index (κ2) is 6.70. The second-order valence-corrected chi connectivity index (χ2v) is 6.63. The number of pyridine rings is 1. The molecule has 5 heteroatoms. The van der Waals surface area contributed by atoms with Gasteiger partial charge in [-0.05, 0) is 49.2 Å². The Bertz CT molecular complexity index is 582. The summed E-state index contributed by atoms with van der Waals surface area (Å²) in [5.74, 6) is 0.738. The number of halogens is 2. The van der Waals surface area contributed by atoms with E-state index in [-0.39, 0.29) is 12.1 Å². The van der Waals surface area contributed by atoms with E-state index in [0.717, 1.165) is 25.8 Å². The third-order valence-electron chi connectivity index (χ3n) is 2.71. The van der Waals surface area contributed by atoms with Crippen molar-refractivity contribution in [3.05, 3.63) is 56.7 Å². The third kappa shape index (κ3) is 4.04. The summed E-state index contributed by atoms with van der Waals surface area (Å²) in [4.78, 5) is 4.20. The van der Waals surface area contributed by atoms with Crippen LogP contribution in [0.4, 0.5) is 0 Å². The van der Waals surface area contributed by atoms with Crippen molar-refractivity contribution in [2.75, 3.05) is 0 Å². The summed E-state index contributed by atoms with van der Waals surface area (Å²) in [6.45, 7) is 3.97. The van der Waals surface area contributed by atoms with Crippen LogP contribution in [-0.2, 0) is 0 Å². The van der Waals surface area contributed by atoms with Gasteiger partial charge in [0.1, 0.15) is 5.75 Å². The maximum absolute atomic E-state index is 6.32. The summed E-state index contributed by atoms with van der Waals surface area (Å²) in [5.41, 5.74) is 8.25. The number of rotatable bonds is 4. The Morgan fingerprint density at radius 1 is 1.00 bits per heavy atom. The second-order valence-electron chi connectivity index (χ2n) is 4.80. The fourth-order valence-corrected chi connectivity index (χ4v) is 3.22. The van der Waals surface area contributed by atoms with E-state index < -0.39 is 0 Å². The zero-order chi connectivity index (χ0) is 14.7. The van der Waals surface area contributed by atoms with E-state index in [1.807, 2.05) is 38.1 Å². The highest BCUT2D eigenvalue weighted by Crippen LogP contribution is 2.28. The summed E-state index contributed by atoms with van der Waals surface area (Å²) < 4.78 is 7.62. The minimum absolute atomic E-state index is 0.114. The molecule has 1 heterocycles. The molecule has 0 saturated carbocycles. The quantitative estimate of drug-likeness (QED) is 0.826. The Morgan fingerprint density at radius 3 is 2.25 bits per heavy atom. The molecule has 3 nitrogen and oxygen atoms in total. The Balaban J connectivity index is 2.30. The van der Waals surface area contributed by atoms with Crippen LogP contribution in [0.3, 0.4) is 0 Å². The fourth-order valence-electron chi connectivity index (χ4n) is 1.89. The molecule has 0 bridgehead atoms. The van der Waals surface area contributed by atoms with Crippen LogP contribution in [0.15, 0.2) is 45.6 Å². The highest BCUT2D eigenvalue weighted by molar-refractivity contribution is 9.11. The smallest absolute Gasteiger partial charge is 0.138 e. The normalized spacial score (nSPS) is 12.5. The van der Waals surface area contributed by atoms with E-state index in [0.29, 0.717) is 0 Å². The topological polar surface area (TPSA) is 48.1 Å². The molecule has 2 rings (SSSR count). The number of aromatic nitrogens is 1. The minimum Gasteiger partial charge on any atom is -0.489 e. The molecule has 0 radical (unpaired) electrons. The number of nitrogens with two attached hydrogens (primary N) is 1. The first-order valence-corrected chi connectivity index (χ1v) is 7.87. The maximum Gasteiger partial charge on any atom is 0.138 e. The number of hydrogen-bond acceptors (Lipinski definition) is 3. The molecular weight excluding hydrogens is 384 g/mol. The third-order valence-corrected chi connectivity index (χ3v) is 3.62. The molecule has 20 heavy (non-hydrogen) atoms. The van der Waals surface area contributed by atoms with Gasteiger partial charge in [0, 0.05) is 15.1 Å². The van der Waals surface area contributed by atoms with Gasteiger partial charge in [0.2, 0.25) is 0 Å². The molecular formula is C15H16Br2N2O. The van der Waals surface area contributed by atoms with Gasteiger partial charge in [-0.25, -0.2) is 0 Å². The van der Waals surface area contributed by atoms with Crippen LogP contribution in [0.25, 0.3) is 0 Å². The van der Waals surface area contributed by atoms with Crippen LogP contribution >= 0.6 is 31.9 Å². The van der Waals surface area contributed by atoms with Crippen molar-refractivity contribution in [2.45, 2.75) is 26.0 Å². The molecule has 2 aromatic rings. The van der Waals surface area contributed by atoms with Crippen LogP contribution in [-0.4, -0.2) is 11.1 Å². The molecule has 0 amide bonds. The maximum atomic E-state index is 6.32. The minimum atomic E-state index is -0.244. The summed E-state index contributed by atoms with van der Waals surface area (Å²) in [5, 5.41) is 0. The van der Waals surface area contributed by atoms with E-state index in [2.05, 4.69) is 36.8 Å². The average molecular weight is 400 g/mol. The first-order chi connectivity index (χ1) is 9.45. The van der Waals surface area contributed by atoms with Crippen LogP contribution in [0.1, 0.15) is 31.0 Å². The van der Waals surface area contributed by atoms with Gasteiger partial charge in [-0.15, -0.1) is 0 Å². The molecule has 0 aliphatic carbocycles. The van der Waals surface area contributed by atoms with E-state index >= 15 is 0 Å². The molecule has 0 saturated heterocycles. The van der Waals surface area contributed by atoms with Crippen molar-refractivity contribution in [3.63, 3.8) is 0 Å². The lowest BCUT2D eigenvalue weighted by Crippen LogP contribution is -2.13. The summed E-state index contributed by atoms with van der Waals surface area (Å²) in [6.07, 6.45) is 3.59. The standard InChI is InChI=1S/C15H16Br2N2O/c1-9(2)20-14-5-11(7-19-8-14)15(18)10-3-12(16)6-13(17)4-10/h3-9,15H,18H2,1-2H3. The Morgan fingerprint density at radius 2 is 1.65 bits per heavy atom. The van der Waals surface area contributed by atoms with Crippen LogP contribution in [0.2, 0.25) is 0 Å². The highest BCUT2D eigenvalue weighted by Gasteiger charge is 2.12. The highest BCUT2D eigenvalue weighted by atomic mass is 79.9. The Kier molecular flexibility index (Phi) is 5.18. The largest absolute Gasteiger partial charge is 0.489 e. The molecule has 0 spiro atoms. The molecule has 0 aliphatic rings. The summed E-state index contributed by atoms with van der Waals surface area (Å²) in [6, 6.07) is 7.68. The van der Waals surface area contributed by atoms with Gasteiger partial charge in [0.05, 0.1) is 18.3 Å². The van der Waals surface area contributed by atoms with E-state index in [4.69, 9.17) is 10.5 Å². The lowest BCUT2D eigenvalue weighted by Gasteiger charge is -2.15. The number of nitrogens with zero attached hydrogens (tertiary/aromatic N) is 1. The average Bonchev–Trinajstić information content (AvgIpc) is 2.36. The van der Waals surface area contributed by atoms with Crippen molar-refractivity contribution in [3.8, 4) is 5.75 Å². The number of hydrogen-bond donors (Lipinski definition) is 1. The van der Waals surface area contributed by atoms with E-state index in [1.54, 1.807) is 12.4 Å². The van der Waals surface area contributed by atoms with Gasteiger partial charge < -0.3 is 10.5 Å². The van der Waals surface area contributed by atoms with E-state index in [1.165, 1.54) is 0 Å². The predicted octanol–water partition coefficient (Wildman–Crippen LogP) is 4.44. The van der Waals surface area contributed by atoms with Gasteiger partial charge in [0.15, 0.2) is 0 Å². The van der Waals surface area contributed by atoms with Crippen LogP contribution < -0.4 is 10.5 Å². The molecule has 1 aromatic heterocycles. The lowest BCUT2D eigenvalue weighted by molar-refractivity contribution is 0.241. The molecule has 1 aromatic carbocycles. The summed E-state index contributed by atoms with van der Waals surface area (Å²) in [7, 11) is 0. The SMILES string of the molecule is CC(C)Oc1cncc(C(N)c2cc(Br)cc(Br)c2)c1. The van der Waals surface area contributed by atoms with Crippen molar-refractivity contribution in [1.82, 2.24) is 4.98 Å². The molecule has 2 N–H and O–H groups in total. The van der Waals surface area contributed by atoms with Crippen molar-refractivity contribution >= 4 is 31.9 Å². The van der Waals surface area contributed by atoms with Gasteiger partial charge in [-0.1, -0.05) is 31.9 Å². The zero-order valence-electron chi connectivity index (χ0n) is 11.3. The molecule has 0 fully saturated rings. The lowest BCUT2D eigenvalue weighted by atomic mass is 10.0. The van der Waals surface area contributed by atoms with Crippen molar-refractivity contribution in [1.29, 1.82) is 0 Å². The van der Waals surface area contributed by atoms with Gasteiger partial charge in [-0.3, -0.25) is 4.98 Å². The molecule has 0 aliphatic heterocycles. The van der Waals surface area contributed by atoms with E-state index in [9.17, 15) is 0 Å². The van der Waals surface area contributed by atoms with Gasteiger partial charge in [-0.2, -0.15) is 0 Å². The monoisotopic (exact) mass is 398 g/mol. The fraction of sp³-hybridized carbons (Fsp3) is 0.267. The number of benzene rings is 1. The summed E-state index contributed by atoms with van der Waals surface area (Å²) >= 11 is 6.95. The van der Waals surface area contributed by atoms with Crippen LogP contribution in [0.5, 0.6) is 5.75 Å². The number of ether oxygens (including phenoxy) is 1. The van der Waals surface area contributed by atoms with Crippen molar-refractivity contribution < 1.29 is 4.74 Å². The van der Waals surface area contributed by atoms with Gasteiger partial charge in [0.25, 0.3) is 0 Å². The van der Waals surface area contributed by atoms with Crippen molar-refractivity contribution in [2.24, 2.45) is 5.73 Å². The zero-order valence-corrected chi connectivity index (χ0v) is 14.5. The Labute approximate surface area is 135 Å². The molecule has 106 valence electrons. The van der Waals surface area contributed by atoms with Crippen LogP contribution in [0, 0.1) is 0 Å². The predicted molar refractivity (Wildman–Crippen MR) is 87.9 cm³/mol. The molecule has 1 atom stereocenters. The Hall–Kier alpha value is -0.910. The first kappa shape index (κ1) is 15.5. The van der Waals surface area contributed by atoms with Gasteiger partial charge >= 0.3 is 0 Å².